The third kappa shape index (κ3) is 10.2. The number of amides is 1. The Morgan fingerprint density at radius 3 is 1.95 bits per heavy atom. The lowest BCUT2D eigenvalue weighted by molar-refractivity contribution is 0.0511. The van der Waals surface area contributed by atoms with E-state index in [0.29, 0.717) is 81.6 Å². The summed E-state index contributed by atoms with van der Waals surface area (Å²) in [6.45, 7) is 3.42. The predicted octanol–water partition coefficient (Wildman–Crippen LogP) is 3.30. The average Bonchev–Trinajstić information content (AvgIpc) is 3.47. The van der Waals surface area contributed by atoms with Gasteiger partial charge in [0.1, 0.15) is 0 Å². The number of benzene rings is 1. The van der Waals surface area contributed by atoms with E-state index in [2.05, 4.69) is 36.2 Å². The maximum absolute atomic E-state index is 12.4. The minimum absolute atomic E-state index is 0.129. The largest absolute Gasteiger partial charge is 0.378 e. The van der Waals surface area contributed by atoms with Crippen LogP contribution in [0.2, 0.25) is 0 Å². The number of carbonyl (C=O) groups is 1. The number of rotatable bonds is 16. The highest BCUT2D eigenvalue weighted by Gasteiger charge is 2.19. The van der Waals surface area contributed by atoms with Crippen LogP contribution in [-0.2, 0) is 16.0 Å². The van der Waals surface area contributed by atoms with Crippen LogP contribution in [0.1, 0.15) is 73.7 Å². The van der Waals surface area contributed by atoms with Crippen LogP contribution in [0.4, 0.5) is 17.8 Å². The van der Waals surface area contributed by atoms with Gasteiger partial charge >= 0.3 is 0 Å². The molecule has 6 N–H and O–H groups in total. The van der Waals surface area contributed by atoms with E-state index in [1.165, 1.54) is 32.1 Å². The van der Waals surface area contributed by atoms with Crippen LogP contribution >= 0.6 is 0 Å². The molecule has 2 saturated carbocycles. The predicted molar refractivity (Wildman–Crippen MR) is 153 cm³/mol. The Labute approximate surface area is 231 Å². The first-order chi connectivity index (χ1) is 19.2. The molecule has 2 aliphatic rings. The van der Waals surface area contributed by atoms with Gasteiger partial charge in [0.05, 0.1) is 26.4 Å². The summed E-state index contributed by atoms with van der Waals surface area (Å²) < 4.78 is 10.7. The lowest BCUT2D eigenvalue weighted by Crippen LogP contribution is -2.27. The lowest BCUT2D eigenvalue weighted by atomic mass is 9.96. The Morgan fingerprint density at radius 1 is 0.769 bits per heavy atom. The van der Waals surface area contributed by atoms with E-state index in [1.807, 2.05) is 24.3 Å². The molecule has 0 atom stereocenters. The number of nitrogens with one attached hydrogen (secondary N) is 4. The first kappa shape index (κ1) is 29.0. The number of nitrogens with zero attached hydrogens (tertiary/aromatic N) is 3. The summed E-state index contributed by atoms with van der Waals surface area (Å²) in [6, 6.07) is 8.35. The molecule has 0 unspecified atom stereocenters. The van der Waals surface area contributed by atoms with Gasteiger partial charge in [-0.3, -0.25) is 4.79 Å². The second-order valence-electron chi connectivity index (χ2n) is 10.2. The van der Waals surface area contributed by atoms with E-state index in [-0.39, 0.29) is 5.91 Å². The van der Waals surface area contributed by atoms with Gasteiger partial charge in [-0.1, -0.05) is 44.2 Å². The van der Waals surface area contributed by atoms with E-state index in [0.717, 1.165) is 31.2 Å². The number of anilines is 3. The zero-order valence-corrected chi connectivity index (χ0v) is 22.9. The monoisotopic (exact) mass is 540 g/mol. The highest BCUT2D eigenvalue weighted by atomic mass is 16.5. The number of nitrogens with two attached hydrogens (primary N) is 1. The van der Waals surface area contributed by atoms with Gasteiger partial charge in [0, 0.05) is 37.3 Å². The number of aromatic nitrogens is 3. The van der Waals surface area contributed by atoms with Crippen molar-refractivity contribution in [3.63, 3.8) is 0 Å². The maximum atomic E-state index is 12.4. The van der Waals surface area contributed by atoms with Gasteiger partial charge in [-0.25, -0.2) is 0 Å². The number of hydrogen-bond donors (Lipinski definition) is 5. The van der Waals surface area contributed by atoms with Crippen molar-refractivity contribution >= 4 is 23.8 Å². The Hall–Kier alpha value is -3.02. The molecular weight excluding hydrogens is 496 g/mol. The van der Waals surface area contributed by atoms with E-state index in [4.69, 9.17) is 15.2 Å². The van der Waals surface area contributed by atoms with E-state index < -0.39 is 0 Å². The van der Waals surface area contributed by atoms with Crippen LogP contribution in [0, 0.1) is 0 Å². The molecule has 11 nitrogen and oxygen atoms in total. The molecule has 0 bridgehead atoms. The zero-order chi connectivity index (χ0) is 27.1. The van der Waals surface area contributed by atoms with Gasteiger partial charge in [0.15, 0.2) is 0 Å². The standard InChI is InChI=1S/C28H44N8O3/c29-14-16-38-18-19-39-17-15-30-25(37)22-12-10-21(11-13-22)20-31-26-34-27(32-23-6-2-1-3-7-23)36-28(35-26)33-24-8-4-5-9-24/h10-13,23-24H,1-9,14-20,29H2,(H,30,37)(H3,31,32,33,34,35,36). The Kier molecular flexibility index (Phi) is 12.0. The molecule has 2 aliphatic carbocycles. The Bertz CT molecular complexity index is 995. The van der Waals surface area contributed by atoms with Crippen molar-refractivity contribution in [1.82, 2.24) is 20.3 Å². The molecule has 1 aromatic carbocycles. The highest BCUT2D eigenvalue weighted by molar-refractivity contribution is 5.94. The molecule has 0 radical (unpaired) electrons. The summed E-state index contributed by atoms with van der Waals surface area (Å²) in [5, 5.41) is 13.3. The third-order valence-electron chi connectivity index (χ3n) is 7.10. The van der Waals surface area contributed by atoms with Gasteiger partial charge in [-0.2, -0.15) is 15.0 Å². The molecule has 0 aliphatic heterocycles. The van der Waals surface area contributed by atoms with Crippen molar-refractivity contribution in [3.8, 4) is 0 Å². The Morgan fingerprint density at radius 2 is 1.33 bits per heavy atom. The van der Waals surface area contributed by atoms with Crippen molar-refractivity contribution in [2.24, 2.45) is 5.73 Å². The Balaban J connectivity index is 1.26. The van der Waals surface area contributed by atoms with E-state index in [9.17, 15) is 4.79 Å². The molecule has 39 heavy (non-hydrogen) atoms. The minimum Gasteiger partial charge on any atom is -0.378 e. The zero-order valence-electron chi connectivity index (χ0n) is 22.9. The normalized spacial score (nSPS) is 16.2. The molecule has 0 spiro atoms. The van der Waals surface area contributed by atoms with Crippen LogP contribution < -0.4 is 27.0 Å². The fourth-order valence-electron chi connectivity index (χ4n) is 4.97. The summed E-state index contributed by atoms with van der Waals surface area (Å²) >= 11 is 0. The molecule has 2 aromatic rings. The van der Waals surface area contributed by atoms with Crippen LogP contribution in [-0.4, -0.2) is 72.5 Å². The molecule has 1 amide bonds. The summed E-state index contributed by atoms with van der Waals surface area (Å²) in [6.07, 6.45) is 10.9. The van der Waals surface area contributed by atoms with Gasteiger partial charge < -0.3 is 36.5 Å². The van der Waals surface area contributed by atoms with Gasteiger partial charge in [0.2, 0.25) is 17.8 Å². The van der Waals surface area contributed by atoms with Crippen molar-refractivity contribution < 1.29 is 14.3 Å². The highest BCUT2D eigenvalue weighted by Crippen LogP contribution is 2.24. The van der Waals surface area contributed by atoms with Crippen molar-refractivity contribution in [3.05, 3.63) is 35.4 Å². The van der Waals surface area contributed by atoms with E-state index in [1.54, 1.807) is 0 Å². The second kappa shape index (κ2) is 16.2. The van der Waals surface area contributed by atoms with Crippen LogP contribution in [0.15, 0.2) is 24.3 Å². The fraction of sp³-hybridized carbons (Fsp3) is 0.643. The number of ether oxygens (including phenoxy) is 2. The third-order valence-corrected chi connectivity index (χ3v) is 7.10. The molecule has 2 fully saturated rings. The van der Waals surface area contributed by atoms with Crippen LogP contribution in [0.25, 0.3) is 0 Å². The molecule has 4 rings (SSSR count). The topological polar surface area (TPSA) is 148 Å². The SMILES string of the molecule is NCCOCCOCCNC(=O)c1ccc(CNc2nc(NC3CCCCC3)nc(NC3CCCC3)n2)cc1. The lowest BCUT2D eigenvalue weighted by Gasteiger charge is -2.23. The molecular formula is C28H44N8O3. The number of hydrogen-bond acceptors (Lipinski definition) is 10. The molecule has 214 valence electrons. The fourth-order valence-corrected chi connectivity index (χ4v) is 4.97. The van der Waals surface area contributed by atoms with Gasteiger partial charge in [-0.05, 0) is 43.4 Å². The van der Waals surface area contributed by atoms with E-state index >= 15 is 0 Å². The summed E-state index contributed by atoms with van der Waals surface area (Å²) in [7, 11) is 0. The molecule has 11 heteroatoms. The molecule has 1 aromatic heterocycles. The number of carbonyl (C=O) groups excluding carboxylic acids is 1. The van der Waals surface area contributed by atoms with Crippen molar-refractivity contribution in [2.45, 2.75) is 76.4 Å². The van der Waals surface area contributed by atoms with Gasteiger partial charge in [0.25, 0.3) is 5.91 Å². The minimum atomic E-state index is -0.129. The van der Waals surface area contributed by atoms with Crippen LogP contribution in [0.3, 0.4) is 0 Å². The summed E-state index contributed by atoms with van der Waals surface area (Å²) in [5.41, 5.74) is 7.00. The quantitative estimate of drug-likeness (QED) is 0.201. The maximum Gasteiger partial charge on any atom is 0.251 e. The van der Waals surface area contributed by atoms with Crippen molar-refractivity contribution in [2.75, 3.05) is 55.5 Å². The summed E-state index contributed by atoms with van der Waals surface area (Å²) in [4.78, 5) is 26.4. The first-order valence-electron chi connectivity index (χ1n) is 14.5. The van der Waals surface area contributed by atoms with Gasteiger partial charge in [-0.15, -0.1) is 0 Å². The smallest absolute Gasteiger partial charge is 0.251 e. The molecule has 0 saturated heterocycles. The first-order valence-corrected chi connectivity index (χ1v) is 14.5. The molecule has 1 heterocycles. The van der Waals surface area contributed by atoms with Crippen LogP contribution in [0.5, 0.6) is 0 Å². The van der Waals surface area contributed by atoms with Crippen molar-refractivity contribution in [1.29, 1.82) is 0 Å². The average molecular weight is 541 g/mol. The second-order valence-corrected chi connectivity index (χ2v) is 10.2. The summed E-state index contributed by atoms with van der Waals surface area (Å²) in [5.74, 6) is 1.66.